The second-order valence-corrected chi connectivity index (χ2v) is 7.20. The standard InChI is InChI=1S/C19H32O2/c1-4-14(13-17(20)5-2)11-15-9-10-19(6-3)16(12-15)7-8-18(19)21/h13,15-16,18,21H,4-12H2,1-3H3/b14-13-. The van der Waals surface area contributed by atoms with E-state index in [1.165, 1.54) is 31.3 Å². The molecule has 120 valence electrons. The number of hydrogen-bond acceptors (Lipinski definition) is 2. The molecule has 1 N–H and O–H groups in total. The van der Waals surface area contributed by atoms with Crippen LogP contribution in [-0.2, 0) is 4.79 Å². The van der Waals surface area contributed by atoms with E-state index < -0.39 is 0 Å². The minimum absolute atomic E-state index is 0.0729. The minimum atomic E-state index is -0.0729. The molecule has 2 aliphatic rings. The van der Waals surface area contributed by atoms with Crippen molar-refractivity contribution < 1.29 is 9.90 Å². The zero-order valence-electron chi connectivity index (χ0n) is 14.0. The van der Waals surface area contributed by atoms with Gasteiger partial charge in [0.05, 0.1) is 6.10 Å². The number of carbonyl (C=O) groups is 1. The van der Waals surface area contributed by atoms with E-state index in [4.69, 9.17) is 0 Å². The van der Waals surface area contributed by atoms with Crippen molar-refractivity contribution in [3.8, 4) is 0 Å². The summed E-state index contributed by atoms with van der Waals surface area (Å²) in [4.78, 5) is 11.6. The first kappa shape index (κ1) is 16.7. The number of carbonyl (C=O) groups excluding carboxylic acids is 1. The lowest BCUT2D eigenvalue weighted by molar-refractivity contribution is -0.114. The van der Waals surface area contributed by atoms with Crippen LogP contribution in [0.1, 0.15) is 78.6 Å². The summed E-state index contributed by atoms with van der Waals surface area (Å²) in [6.07, 6.45) is 11.5. The highest BCUT2D eigenvalue weighted by atomic mass is 16.3. The van der Waals surface area contributed by atoms with Gasteiger partial charge in [0.2, 0.25) is 0 Å². The lowest BCUT2D eigenvalue weighted by Crippen LogP contribution is -2.39. The molecule has 2 fully saturated rings. The third kappa shape index (κ3) is 3.41. The molecule has 4 unspecified atom stereocenters. The van der Waals surface area contributed by atoms with Gasteiger partial charge in [0.25, 0.3) is 0 Å². The molecular weight excluding hydrogens is 260 g/mol. The Hall–Kier alpha value is -0.630. The molecule has 2 rings (SSSR count). The number of rotatable bonds is 6. The first-order valence-electron chi connectivity index (χ1n) is 8.96. The molecular formula is C19H32O2. The number of hydrogen-bond donors (Lipinski definition) is 1. The van der Waals surface area contributed by atoms with E-state index >= 15 is 0 Å². The molecule has 0 aromatic heterocycles. The molecule has 0 bridgehead atoms. The molecule has 4 atom stereocenters. The van der Waals surface area contributed by atoms with Gasteiger partial charge in [-0.15, -0.1) is 0 Å². The van der Waals surface area contributed by atoms with Crippen molar-refractivity contribution in [1.29, 1.82) is 0 Å². The Morgan fingerprint density at radius 3 is 2.57 bits per heavy atom. The summed E-state index contributed by atoms with van der Waals surface area (Å²) in [5.74, 6) is 1.69. The fraction of sp³-hybridized carbons (Fsp3) is 0.842. The lowest BCUT2D eigenvalue weighted by Gasteiger charge is -2.44. The van der Waals surface area contributed by atoms with Crippen LogP contribution in [0.15, 0.2) is 11.6 Å². The van der Waals surface area contributed by atoms with Gasteiger partial charge in [0.15, 0.2) is 5.78 Å². The fourth-order valence-corrected chi connectivity index (χ4v) is 4.81. The average molecular weight is 292 g/mol. The maximum Gasteiger partial charge on any atom is 0.155 e. The smallest absolute Gasteiger partial charge is 0.155 e. The largest absolute Gasteiger partial charge is 0.393 e. The maximum atomic E-state index is 11.6. The van der Waals surface area contributed by atoms with Crippen molar-refractivity contribution in [2.75, 3.05) is 0 Å². The van der Waals surface area contributed by atoms with Crippen molar-refractivity contribution in [2.45, 2.75) is 84.7 Å². The molecule has 0 aromatic carbocycles. The van der Waals surface area contributed by atoms with E-state index in [0.717, 1.165) is 31.6 Å². The monoisotopic (exact) mass is 292 g/mol. The van der Waals surface area contributed by atoms with Crippen molar-refractivity contribution in [3.63, 3.8) is 0 Å². The third-order valence-corrected chi connectivity index (χ3v) is 6.28. The molecule has 2 heteroatoms. The molecule has 21 heavy (non-hydrogen) atoms. The highest BCUT2D eigenvalue weighted by Gasteiger charge is 2.50. The molecule has 0 aromatic rings. The predicted molar refractivity (Wildman–Crippen MR) is 87.1 cm³/mol. The van der Waals surface area contributed by atoms with Gasteiger partial charge in [-0.1, -0.05) is 26.3 Å². The van der Waals surface area contributed by atoms with E-state index in [-0.39, 0.29) is 17.3 Å². The summed E-state index contributed by atoms with van der Waals surface area (Å²) in [7, 11) is 0. The van der Waals surface area contributed by atoms with Crippen molar-refractivity contribution in [3.05, 3.63) is 11.6 Å². The summed E-state index contributed by atoms with van der Waals surface area (Å²) in [5.41, 5.74) is 1.54. The van der Waals surface area contributed by atoms with Crippen LogP contribution >= 0.6 is 0 Å². The molecule has 0 radical (unpaired) electrons. The second-order valence-electron chi connectivity index (χ2n) is 7.20. The average Bonchev–Trinajstić information content (AvgIpc) is 2.83. The Morgan fingerprint density at radius 1 is 1.19 bits per heavy atom. The molecule has 2 aliphatic carbocycles. The molecule has 0 heterocycles. The summed E-state index contributed by atoms with van der Waals surface area (Å²) in [5, 5.41) is 10.4. The number of aliphatic hydroxyl groups excluding tert-OH is 1. The Balaban J connectivity index is 1.99. The number of aliphatic hydroxyl groups is 1. The summed E-state index contributed by atoms with van der Waals surface area (Å²) in [6.45, 7) is 6.34. The topological polar surface area (TPSA) is 37.3 Å². The minimum Gasteiger partial charge on any atom is -0.393 e. The Labute approximate surface area is 130 Å². The van der Waals surface area contributed by atoms with Crippen LogP contribution in [0, 0.1) is 17.3 Å². The normalized spacial score (nSPS) is 36.6. The van der Waals surface area contributed by atoms with Crippen LogP contribution in [-0.4, -0.2) is 17.0 Å². The number of allylic oxidation sites excluding steroid dienone is 2. The van der Waals surface area contributed by atoms with Crippen molar-refractivity contribution in [2.24, 2.45) is 17.3 Å². The lowest BCUT2D eigenvalue weighted by atomic mass is 9.62. The van der Waals surface area contributed by atoms with Gasteiger partial charge < -0.3 is 5.11 Å². The quantitative estimate of drug-likeness (QED) is 0.723. The second kappa shape index (κ2) is 7.09. The molecule has 0 saturated heterocycles. The van der Waals surface area contributed by atoms with Gasteiger partial charge in [-0.25, -0.2) is 0 Å². The van der Waals surface area contributed by atoms with Crippen LogP contribution in [0.5, 0.6) is 0 Å². The maximum absolute atomic E-state index is 11.6. The van der Waals surface area contributed by atoms with Gasteiger partial charge in [-0.05, 0) is 74.7 Å². The molecule has 2 saturated carbocycles. The van der Waals surface area contributed by atoms with E-state index in [1.54, 1.807) is 0 Å². The van der Waals surface area contributed by atoms with Gasteiger partial charge in [0.1, 0.15) is 0 Å². The SMILES string of the molecule is CCC(=O)/C=C(/CC)CC1CCC2(CC)C(O)CCC2C1. The molecule has 2 nitrogen and oxygen atoms in total. The third-order valence-electron chi connectivity index (χ3n) is 6.28. The van der Waals surface area contributed by atoms with Gasteiger partial charge in [-0.3, -0.25) is 4.79 Å². The zero-order chi connectivity index (χ0) is 15.5. The summed E-state index contributed by atoms with van der Waals surface area (Å²) < 4.78 is 0. The predicted octanol–water partition coefficient (Wildman–Crippen LogP) is 4.66. The number of fused-ring (bicyclic) bond motifs is 1. The summed E-state index contributed by atoms with van der Waals surface area (Å²) >= 11 is 0. The Morgan fingerprint density at radius 2 is 1.95 bits per heavy atom. The van der Waals surface area contributed by atoms with Crippen molar-refractivity contribution in [1.82, 2.24) is 0 Å². The van der Waals surface area contributed by atoms with Crippen LogP contribution in [0.2, 0.25) is 0 Å². The highest BCUT2D eigenvalue weighted by Crippen LogP contribution is 2.56. The van der Waals surface area contributed by atoms with E-state index in [9.17, 15) is 9.90 Å². The first-order chi connectivity index (χ1) is 10.1. The van der Waals surface area contributed by atoms with E-state index in [1.807, 2.05) is 13.0 Å². The molecule has 0 spiro atoms. The van der Waals surface area contributed by atoms with Crippen LogP contribution < -0.4 is 0 Å². The Bertz CT molecular complexity index is 398. The zero-order valence-corrected chi connectivity index (χ0v) is 14.0. The first-order valence-corrected chi connectivity index (χ1v) is 8.96. The van der Waals surface area contributed by atoms with Gasteiger partial charge >= 0.3 is 0 Å². The Kier molecular flexibility index (Phi) is 5.65. The van der Waals surface area contributed by atoms with Crippen LogP contribution in [0.3, 0.4) is 0 Å². The van der Waals surface area contributed by atoms with E-state index in [2.05, 4.69) is 13.8 Å². The van der Waals surface area contributed by atoms with Gasteiger partial charge in [0, 0.05) is 6.42 Å². The van der Waals surface area contributed by atoms with Crippen molar-refractivity contribution >= 4 is 5.78 Å². The van der Waals surface area contributed by atoms with Crippen LogP contribution in [0.25, 0.3) is 0 Å². The highest BCUT2D eigenvalue weighted by molar-refractivity contribution is 5.89. The van der Waals surface area contributed by atoms with E-state index in [0.29, 0.717) is 12.3 Å². The van der Waals surface area contributed by atoms with Gasteiger partial charge in [-0.2, -0.15) is 0 Å². The number of ketones is 1. The molecule has 0 amide bonds. The van der Waals surface area contributed by atoms with Crippen LogP contribution in [0.4, 0.5) is 0 Å². The molecule has 0 aliphatic heterocycles. The fourth-order valence-electron chi connectivity index (χ4n) is 4.81. The summed E-state index contributed by atoms with van der Waals surface area (Å²) in [6, 6.07) is 0.